The summed E-state index contributed by atoms with van der Waals surface area (Å²) in [6, 6.07) is 10.2. The Morgan fingerprint density at radius 1 is 1.14 bits per heavy atom. The Hall–Kier alpha value is -2.01. The number of carbonyl (C=O) groups excluding carboxylic acids is 1. The first-order chi connectivity index (χ1) is 9.78. The van der Waals surface area contributed by atoms with E-state index in [4.69, 9.17) is 11.6 Å². The molecule has 0 spiro atoms. The Balaban J connectivity index is 2.47. The van der Waals surface area contributed by atoms with Gasteiger partial charge in [0.1, 0.15) is 5.75 Å². The molecule has 2 aromatic rings. The van der Waals surface area contributed by atoms with Crippen molar-refractivity contribution in [2.75, 3.05) is 0 Å². The summed E-state index contributed by atoms with van der Waals surface area (Å²) in [7, 11) is 0. The van der Waals surface area contributed by atoms with Gasteiger partial charge in [-0.2, -0.15) is 0 Å². The Morgan fingerprint density at radius 3 is 2.38 bits per heavy atom. The van der Waals surface area contributed by atoms with Crippen molar-refractivity contribution in [2.24, 2.45) is 0 Å². The zero-order chi connectivity index (χ0) is 15.6. The summed E-state index contributed by atoms with van der Waals surface area (Å²) in [5.41, 5.74) is 0.992. The lowest BCUT2D eigenvalue weighted by Gasteiger charge is -2.13. The average Bonchev–Trinajstić information content (AvgIpc) is 2.36. The molecule has 0 saturated carbocycles. The lowest BCUT2D eigenvalue weighted by Crippen LogP contribution is -2.17. The third kappa shape index (κ3) is 3.76. The monoisotopic (exact) mass is 314 g/mol. The van der Waals surface area contributed by atoms with Crippen LogP contribution < -0.4 is 4.74 Å². The number of hydrogen-bond donors (Lipinski definition) is 0. The number of ketones is 1. The molecule has 2 aromatic carbocycles. The molecule has 2 nitrogen and oxygen atoms in total. The lowest BCUT2D eigenvalue weighted by molar-refractivity contribution is -0.274. The first kappa shape index (κ1) is 15.4. The van der Waals surface area contributed by atoms with Gasteiger partial charge in [0.05, 0.1) is 5.02 Å². The summed E-state index contributed by atoms with van der Waals surface area (Å²) in [5, 5.41) is 0.182. The lowest BCUT2D eigenvalue weighted by atomic mass is 10.0. The second-order valence-electron chi connectivity index (χ2n) is 4.29. The van der Waals surface area contributed by atoms with Crippen molar-refractivity contribution in [1.29, 1.82) is 0 Å². The van der Waals surface area contributed by atoms with E-state index in [1.807, 2.05) is 0 Å². The maximum absolute atomic E-state index is 12.4. The van der Waals surface area contributed by atoms with Crippen LogP contribution in [0.15, 0.2) is 42.5 Å². The molecule has 0 radical (unpaired) electrons. The van der Waals surface area contributed by atoms with Crippen LogP contribution in [-0.4, -0.2) is 12.1 Å². The second kappa shape index (κ2) is 5.77. The molecule has 0 atom stereocenters. The van der Waals surface area contributed by atoms with Crippen molar-refractivity contribution in [1.82, 2.24) is 0 Å². The Labute approximate surface area is 124 Å². The molecular weight excluding hydrogens is 305 g/mol. The number of para-hydroxylation sites is 1. The summed E-state index contributed by atoms with van der Waals surface area (Å²) in [5.74, 6) is -0.539. The van der Waals surface area contributed by atoms with Gasteiger partial charge in [-0.1, -0.05) is 35.9 Å². The zero-order valence-corrected chi connectivity index (χ0v) is 11.6. The third-order valence-electron chi connectivity index (χ3n) is 2.77. The van der Waals surface area contributed by atoms with Crippen LogP contribution in [0.4, 0.5) is 13.2 Å². The molecule has 2 rings (SSSR count). The fourth-order valence-corrected chi connectivity index (χ4v) is 2.20. The summed E-state index contributed by atoms with van der Waals surface area (Å²) < 4.78 is 41.2. The van der Waals surface area contributed by atoms with Crippen LogP contribution in [0.3, 0.4) is 0 Å². The van der Waals surface area contributed by atoms with Gasteiger partial charge < -0.3 is 4.74 Å². The van der Waals surface area contributed by atoms with Crippen LogP contribution in [-0.2, 0) is 0 Å². The molecule has 0 aromatic heterocycles. The van der Waals surface area contributed by atoms with Crippen LogP contribution >= 0.6 is 11.6 Å². The number of rotatable bonds is 3. The molecule has 0 unspecified atom stereocenters. The Bertz CT molecular complexity index is 681. The van der Waals surface area contributed by atoms with Gasteiger partial charge in [0.15, 0.2) is 5.78 Å². The fourth-order valence-electron chi connectivity index (χ4n) is 1.89. The number of halogens is 4. The maximum Gasteiger partial charge on any atom is 0.573 e. The topological polar surface area (TPSA) is 26.3 Å². The van der Waals surface area contributed by atoms with Gasteiger partial charge >= 0.3 is 6.36 Å². The minimum atomic E-state index is -4.78. The summed E-state index contributed by atoms with van der Waals surface area (Å²) in [6.07, 6.45) is -4.78. The van der Waals surface area contributed by atoms with E-state index in [0.717, 1.165) is 0 Å². The molecule has 0 heterocycles. The number of benzene rings is 2. The van der Waals surface area contributed by atoms with Crippen molar-refractivity contribution >= 4 is 17.4 Å². The maximum atomic E-state index is 12.4. The largest absolute Gasteiger partial charge is 0.573 e. The van der Waals surface area contributed by atoms with Gasteiger partial charge in [0.2, 0.25) is 0 Å². The highest BCUT2D eigenvalue weighted by molar-refractivity contribution is 6.34. The predicted molar refractivity (Wildman–Crippen MR) is 73.6 cm³/mol. The van der Waals surface area contributed by atoms with Gasteiger partial charge in [-0.25, -0.2) is 0 Å². The Morgan fingerprint density at radius 2 is 1.81 bits per heavy atom. The molecule has 0 fully saturated rings. The van der Waals surface area contributed by atoms with E-state index < -0.39 is 6.36 Å². The number of Topliss-reactive ketones (excluding diaryl/α,β-unsaturated/α-hetero) is 1. The minimum absolute atomic E-state index is 0.182. The van der Waals surface area contributed by atoms with E-state index in [0.29, 0.717) is 11.1 Å². The number of carbonyl (C=O) groups is 1. The van der Waals surface area contributed by atoms with E-state index in [2.05, 4.69) is 4.74 Å². The first-order valence-electron chi connectivity index (χ1n) is 5.93. The highest BCUT2D eigenvalue weighted by Crippen LogP contribution is 2.35. The number of alkyl halides is 3. The van der Waals surface area contributed by atoms with E-state index in [1.54, 1.807) is 6.07 Å². The van der Waals surface area contributed by atoms with E-state index in [1.165, 1.54) is 43.3 Å². The first-order valence-corrected chi connectivity index (χ1v) is 6.31. The van der Waals surface area contributed by atoms with E-state index in [-0.39, 0.29) is 22.1 Å². The molecule has 0 aliphatic carbocycles. The minimum Gasteiger partial charge on any atom is -0.405 e. The normalized spacial score (nSPS) is 11.3. The summed E-state index contributed by atoms with van der Waals surface area (Å²) >= 11 is 5.98. The second-order valence-corrected chi connectivity index (χ2v) is 4.70. The van der Waals surface area contributed by atoms with Gasteiger partial charge in [-0.05, 0) is 30.7 Å². The number of hydrogen-bond acceptors (Lipinski definition) is 2. The smallest absolute Gasteiger partial charge is 0.405 e. The zero-order valence-electron chi connectivity index (χ0n) is 10.9. The van der Waals surface area contributed by atoms with Crippen molar-refractivity contribution in [3.05, 3.63) is 53.1 Å². The standard InChI is InChI=1S/C15H10ClF3O2/c1-9(20)11-7-6-10(8-13(11)16)12-4-2-3-5-14(12)21-15(17,18)19/h2-8H,1H3. The molecule has 110 valence electrons. The molecule has 0 aliphatic rings. The van der Waals surface area contributed by atoms with E-state index in [9.17, 15) is 18.0 Å². The Kier molecular flexibility index (Phi) is 4.23. The van der Waals surface area contributed by atoms with Gasteiger partial charge in [0, 0.05) is 11.1 Å². The molecular formula is C15H10ClF3O2. The summed E-state index contributed by atoms with van der Waals surface area (Å²) in [6.45, 7) is 1.36. The van der Waals surface area contributed by atoms with Gasteiger partial charge in [-0.3, -0.25) is 4.79 Å². The van der Waals surface area contributed by atoms with Crippen LogP contribution in [0, 0.1) is 0 Å². The van der Waals surface area contributed by atoms with Gasteiger partial charge in [0.25, 0.3) is 0 Å². The van der Waals surface area contributed by atoms with Crippen LogP contribution in [0.25, 0.3) is 11.1 Å². The van der Waals surface area contributed by atoms with Gasteiger partial charge in [-0.15, -0.1) is 13.2 Å². The third-order valence-corrected chi connectivity index (χ3v) is 3.08. The molecule has 6 heteroatoms. The van der Waals surface area contributed by atoms with Crippen molar-refractivity contribution < 1.29 is 22.7 Å². The summed E-state index contributed by atoms with van der Waals surface area (Å²) in [4.78, 5) is 11.3. The molecule has 0 N–H and O–H groups in total. The predicted octanol–water partition coefficient (Wildman–Crippen LogP) is 5.11. The van der Waals surface area contributed by atoms with Crippen LogP contribution in [0.1, 0.15) is 17.3 Å². The SMILES string of the molecule is CC(=O)c1ccc(-c2ccccc2OC(F)(F)F)cc1Cl. The average molecular weight is 315 g/mol. The highest BCUT2D eigenvalue weighted by Gasteiger charge is 2.32. The fraction of sp³-hybridized carbons (Fsp3) is 0.133. The van der Waals surface area contributed by atoms with Crippen LogP contribution in [0.5, 0.6) is 5.75 Å². The molecule has 0 aliphatic heterocycles. The quantitative estimate of drug-likeness (QED) is 0.736. The van der Waals surface area contributed by atoms with Crippen molar-refractivity contribution in [3.63, 3.8) is 0 Å². The van der Waals surface area contributed by atoms with Crippen molar-refractivity contribution in [2.45, 2.75) is 13.3 Å². The molecule has 0 saturated heterocycles. The number of ether oxygens (including phenoxy) is 1. The van der Waals surface area contributed by atoms with E-state index >= 15 is 0 Å². The van der Waals surface area contributed by atoms with Crippen molar-refractivity contribution in [3.8, 4) is 16.9 Å². The molecule has 0 bridgehead atoms. The van der Waals surface area contributed by atoms with Crippen LogP contribution in [0.2, 0.25) is 5.02 Å². The molecule has 21 heavy (non-hydrogen) atoms. The molecule has 0 amide bonds. The highest BCUT2D eigenvalue weighted by atomic mass is 35.5.